The summed E-state index contributed by atoms with van der Waals surface area (Å²) >= 11 is 0. The first-order valence-corrected chi connectivity index (χ1v) is 8.18. The topological polar surface area (TPSA) is 80.6 Å². The van der Waals surface area contributed by atoms with Crippen LogP contribution in [-0.2, 0) is 19.1 Å². The van der Waals surface area contributed by atoms with Gasteiger partial charge in [-0.3, -0.25) is 9.59 Å². The van der Waals surface area contributed by atoms with E-state index in [0.717, 1.165) is 0 Å². The number of methoxy groups -OCH3 is 1. The van der Waals surface area contributed by atoms with Crippen LogP contribution in [0.2, 0.25) is 0 Å². The van der Waals surface area contributed by atoms with Gasteiger partial charge in [-0.1, -0.05) is 0 Å². The van der Waals surface area contributed by atoms with Crippen molar-refractivity contribution in [3.05, 3.63) is 0 Å². The van der Waals surface area contributed by atoms with E-state index in [1.54, 1.807) is 4.90 Å². The zero-order valence-corrected chi connectivity index (χ0v) is 14.6. The van der Waals surface area contributed by atoms with E-state index >= 15 is 0 Å². The molecule has 0 saturated carbocycles. The normalized spacial score (nSPS) is 23.4. The van der Waals surface area contributed by atoms with Crippen LogP contribution < -0.4 is 0 Å². The predicted molar refractivity (Wildman–Crippen MR) is 87.1 cm³/mol. The molecule has 1 saturated heterocycles. The molecule has 7 nitrogen and oxygen atoms in total. The van der Waals surface area contributed by atoms with E-state index in [2.05, 4.69) is 20.9 Å². The van der Waals surface area contributed by atoms with Crippen molar-refractivity contribution < 1.29 is 19.1 Å². The molecule has 1 unspecified atom stereocenters. The molecule has 0 aromatic rings. The van der Waals surface area contributed by atoms with E-state index in [-0.39, 0.29) is 24.4 Å². The number of nitrogens with zero attached hydrogens (tertiary/aromatic N) is 3. The second-order valence-corrected chi connectivity index (χ2v) is 6.92. The van der Waals surface area contributed by atoms with Crippen molar-refractivity contribution >= 4 is 11.9 Å². The van der Waals surface area contributed by atoms with Crippen molar-refractivity contribution in [3.63, 3.8) is 0 Å². The van der Waals surface area contributed by atoms with Crippen LogP contribution in [-0.4, -0.2) is 54.3 Å². The lowest BCUT2D eigenvalue weighted by molar-refractivity contribution is -0.161. The fraction of sp³-hybridized carbons (Fsp3) is 0.765. The summed E-state index contributed by atoms with van der Waals surface area (Å²) in [6.45, 7) is 4.68. The molecular weight excluding hydrogens is 310 g/mol. The van der Waals surface area contributed by atoms with Gasteiger partial charge in [0.25, 0.3) is 0 Å². The number of amides is 1. The quantitative estimate of drug-likeness (QED) is 0.526. The number of hydrogen-bond acceptors (Lipinski definition) is 6. The van der Waals surface area contributed by atoms with Gasteiger partial charge < -0.3 is 14.4 Å². The number of ether oxygens (including phenoxy) is 2. The molecule has 0 aliphatic carbocycles. The van der Waals surface area contributed by atoms with E-state index in [0.29, 0.717) is 38.8 Å². The number of hydrogen-bond donors (Lipinski definition) is 0. The molecule has 2 heterocycles. The van der Waals surface area contributed by atoms with Crippen molar-refractivity contribution in [2.24, 2.45) is 10.2 Å². The maximum Gasteiger partial charge on any atom is 0.308 e. The minimum Gasteiger partial charge on any atom is -0.469 e. The monoisotopic (exact) mass is 335 g/mol. The summed E-state index contributed by atoms with van der Waals surface area (Å²) in [5.41, 5.74) is -0.864. The van der Waals surface area contributed by atoms with Gasteiger partial charge in [0.1, 0.15) is 0 Å². The van der Waals surface area contributed by atoms with Gasteiger partial charge in [0.15, 0.2) is 5.66 Å². The maximum atomic E-state index is 12.7. The van der Waals surface area contributed by atoms with E-state index in [4.69, 9.17) is 11.2 Å². The zero-order chi connectivity index (χ0) is 17.8. The van der Waals surface area contributed by atoms with Crippen LogP contribution in [0.25, 0.3) is 0 Å². The number of rotatable bonds is 7. The average molecular weight is 335 g/mol. The summed E-state index contributed by atoms with van der Waals surface area (Å²) in [5, 5.41) is 8.13. The summed E-state index contributed by atoms with van der Waals surface area (Å²) in [4.78, 5) is 25.9. The molecule has 2 aliphatic heterocycles. The molecule has 24 heavy (non-hydrogen) atoms. The van der Waals surface area contributed by atoms with Crippen LogP contribution in [0.5, 0.6) is 0 Å². The SMILES string of the molecule is C#CCCC1(CCC(=O)N2CC(CC(=O)OC)OCC2(C)C)N=N1. The van der Waals surface area contributed by atoms with Crippen molar-refractivity contribution in [2.45, 2.75) is 63.3 Å². The molecule has 2 rings (SSSR count). The molecule has 0 spiro atoms. The van der Waals surface area contributed by atoms with Gasteiger partial charge in [-0.15, -0.1) is 12.3 Å². The Morgan fingerprint density at radius 1 is 1.38 bits per heavy atom. The average Bonchev–Trinajstić information content (AvgIpc) is 3.32. The first-order chi connectivity index (χ1) is 11.3. The van der Waals surface area contributed by atoms with Gasteiger partial charge in [-0.2, -0.15) is 10.2 Å². The molecule has 0 aromatic carbocycles. The Hall–Kier alpha value is -1.94. The number of terminal acetylenes is 1. The highest BCUT2D eigenvalue weighted by atomic mass is 16.5. The van der Waals surface area contributed by atoms with E-state index in [1.807, 2.05) is 13.8 Å². The summed E-state index contributed by atoms with van der Waals surface area (Å²) < 4.78 is 10.4. The summed E-state index contributed by atoms with van der Waals surface area (Å²) in [6, 6.07) is 0. The Kier molecular flexibility index (Phi) is 5.60. The van der Waals surface area contributed by atoms with Gasteiger partial charge in [-0.25, -0.2) is 0 Å². The van der Waals surface area contributed by atoms with Crippen molar-refractivity contribution in [2.75, 3.05) is 20.3 Å². The third-order valence-corrected chi connectivity index (χ3v) is 4.50. The van der Waals surface area contributed by atoms with Crippen LogP contribution in [0.1, 0.15) is 46.0 Å². The van der Waals surface area contributed by atoms with Crippen molar-refractivity contribution in [1.82, 2.24) is 4.90 Å². The van der Waals surface area contributed by atoms with Crippen LogP contribution in [0.4, 0.5) is 0 Å². The molecule has 2 aliphatic rings. The van der Waals surface area contributed by atoms with Gasteiger partial charge in [0, 0.05) is 32.2 Å². The highest BCUT2D eigenvalue weighted by Crippen LogP contribution is 2.38. The van der Waals surface area contributed by atoms with Crippen LogP contribution in [0.3, 0.4) is 0 Å². The van der Waals surface area contributed by atoms with Gasteiger partial charge in [-0.05, 0) is 13.8 Å². The third kappa shape index (κ3) is 4.54. The maximum absolute atomic E-state index is 12.7. The summed E-state index contributed by atoms with van der Waals surface area (Å²) in [7, 11) is 1.34. The minimum atomic E-state index is -0.454. The summed E-state index contributed by atoms with van der Waals surface area (Å²) in [6.07, 6.45) is 7.31. The van der Waals surface area contributed by atoms with Crippen molar-refractivity contribution in [1.29, 1.82) is 0 Å². The highest BCUT2D eigenvalue weighted by molar-refractivity contribution is 5.77. The Balaban J connectivity index is 1.90. The fourth-order valence-corrected chi connectivity index (χ4v) is 2.85. The van der Waals surface area contributed by atoms with Crippen LogP contribution >= 0.6 is 0 Å². The second kappa shape index (κ2) is 7.31. The largest absolute Gasteiger partial charge is 0.469 e. The smallest absolute Gasteiger partial charge is 0.308 e. The lowest BCUT2D eigenvalue weighted by Crippen LogP contribution is -2.58. The first-order valence-electron chi connectivity index (χ1n) is 8.18. The number of morpholine rings is 1. The Morgan fingerprint density at radius 2 is 2.08 bits per heavy atom. The molecule has 0 aromatic heterocycles. The lowest BCUT2D eigenvalue weighted by Gasteiger charge is -2.45. The van der Waals surface area contributed by atoms with E-state index in [9.17, 15) is 9.59 Å². The highest BCUT2D eigenvalue weighted by Gasteiger charge is 2.42. The van der Waals surface area contributed by atoms with Crippen molar-refractivity contribution in [3.8, 4) is 12.3 Å². The summed E-state index contributed by atoms with van der Waals surface area (Å²) in [5.74, 6) is 2.27. The third-order valence-electron chi connectivity index (χ3n) is 4.50. The molecular formula is C17H25N3O4. The number of esters is 1. The van der Waals surface area contributed by atoms with E-state index < -0.39 is 11.2 Å². The molecule has 0 bridgehead atoms. The fourth-order valence-electron chi connectivity index (χ4n) is 2.85. The number of carbonyl (C=O) groups is 2. The Morgan fingerprint density at radius 3 is 2.67 bits per heavy atom. The molecule has 1 amide bonds. The Labute approximate surface area is 142 Å². The molecule has 7 heteroatoms. The van der Waals surface area contributed by atoms with Gasteiger partial charge >= 0.3 is 5.97 Å². The van der Waals surface area contributed by atoms with Gasteiger partial charge in [0.2, 0.25) is 5.91 Å². The standard InChI is InChI=1S/C17H25N3O4/c1-5-6-8-17(18-19-17)9-7-14(21)20-11-13(10-15(22)23-4)24-12-16(20,2)3/h1,13H,6-12H2,2-4H3. The molecule has 1 fully saturated rings. The molecule has 0 radical (unpaired) electrons. The Bertz CT molecular complexity index is 559. The zero-order valence-electron chi connectivity index (χ0n) is 14.6. The molecule has 132 valence electrons. The van der Waals surface area contributed by atoms with E-state index in [1.165, 1.54) is 7.11 Å². The lowest BCUT2D eigenvalue weighted by atomic mass is 9.97. The van der Waals surface area contributed by atoms with Gasteiger partial charge in [0.05, 0.1) is 31.8 Å². The number of carbonyl (C=O) groups excluding carboxylic acids is 2. The molecule has 1 atom stereocenters. The van der Waals surface area contributed by atoms with Crippen LogP contribution in [0.15, 0.2) is 10.2 Å². The van der Waals surface area contributed by atoms with Crippen LogP contribution in [0, 0.1) is 12.3 Å². The first kappa shape index (κ1) is 18.4. The predicted octanol–water partition coefficient (Wildman–Crippen LogP) is 1.91. The minimum absolute atomic E-state index is 0.0237. The molecule has 0 N–H and O–H groups in total. The second-order valence-electron chi connectivity index (χ2n) is 6.92.